The Kier molecular flexibility index (Phi) is 30.7. The Morgan fingerprint density at radius 3 is 1.22 bits per heavy atom. The number of carboxylic acids is 1. The van der Waals surface area contributed by atoms with E-state index in [0.29, 0.717) is 28.6 Å². The molecule has 0 spiro atoms. The zero-order valence-corrected chi connectivity index (χ0v) is 45.1. The molecule has 0 saturated carbocycles. The Morgan fingerprint density at radius 2 is 0.833 bits per heavy atom. The minimum Gasteiger partial charge on any atom is -0.508 e. The average molecular weight is 1080 g/mol. The Morgan fingerprint density at radius 1 is 0.486 bits per heavy atom. The molecule has 2 aromatic rings. The van der Waals surface area contributed by atoms with Crippen LogP contribution in [0.15, 0.2) is 54.6 Å². The predicted octanol–water partition coefficient (Wildman–Crippen LogP) is 0.789. The van der Waals surface area contributed by atoms with Crippen LogP contribution in [0, 0.1) is 5.92 Å². The van der Waals surface area contributed by atoms with Crippen LogP contribution in [0.2, 0.25) is 0 Å². The number of nitrogens with two attached hydrogens (primary N) is 1. The zero-order chi connectivity index (χ0) is 53.6. The van der Waals surface area contributed by atoms with Crippen LogP contribution in [0.3, 0.4) is 0 Å². The van der Waals surface area contributed by atoms with Gasteiger partial charge in [0.15, 0.2) is 0 Å². The molecule has 2 rings (SSSR count). The quantitative estimate of drug-likeness (QED) is 0.0455. The molecule has 72 heavy (non-hydrogen) atoms. The number of amides is 8. The number of rotatable bonds is 35. The molecule has 20 nitrogen and oxygen atoms in total. The lowest BCUT2D eigenvalue weighted by Crippen LogP contribution is -2.60. The van der Waals surface area contributed by atoms with Crippen LogP contribution in [0.4, 0.5) is 0 Å². The fourth-order valence-corrected chi connectivity index (χ4v) is 8.92. The van der Waals surface area contributed by atoms with Gasteiger partial charge in [0.25, 0.3) is 0 Å². The van der Waals surface area contributed by atoms with E-state index >= 15 is 0 Å². The van der Waals surface area contributed by atoms with E-state index < -0.39 is 102 Å². The van der Waals surface area contributed by atoms with Gasteiger partial charge in [0.2, 0.25) is 47.3 Å². The smallest absolute Gasteiger partial charge is 0.322 e. The second-order valence-electron chi connectivity index (χ2n) is 17.1. The molecule has 12 N–H and O–H groups in total. The van der Waals surface area contributed by atoms with Crippen LogP contribution in [0.25, 0.3) is 0 Å². The summed E-state index contributed by atoms with van der Waals surface area (Å²) in [5.41, 5.74) is 6.85. The lowest BCUT2D eigenvalue weighted by molar-refractivity contribution is -0.138. The molecule has 0 aliphatic carbocycles. The maximum Gasteiger partial charge on any atom is 0.322 e. The Hall–Kier alpha value is -5.17. The van der Waals surface area contributed by atoms with Crippen LogP contribution in [-0.2, 0) is 56.0 Å². The summed E-state index contributed by atoms with van der Waals surface area (Å²) in [6, 6.07) is 6.74. The number of hydrogen-bond donors (Lipinski definition) is 11. The van der Waals surface area contributed by atoms with Gasteiger partial charge in [-0.25, -0.2) is 0 Å². The molecule has 0 bridgehead atoms. The van der Waals surface area contributed by atoms with Gasteiger partial charge in [-0.15, -0.1) is 0 Å². The van der Waals surface area contributed by atoms with Crippen LogP contribution >= 0.6 is 47.0 Å². The van der Waals surface area contributed by atoms with Crippen molar-refractivity contribution in [2.75, 3.05) is 61.1 Å². The van der Waals surface area contributed by atoms with Crippen LogP contribution in [0.5, 0.6) is 5.75 Å². The normalized spacial score (nSPS) is 13.9. The number of carbonyl (C=O) groups is 9. The molecule has 0 saturated heterocycles. The van der Waals surface area contributed by atoms with E-state index in [4.69, 9.17) is 10.8 Å². The number of phenols is 1. The van der Waals surface area contributed by atoms with Crippen molar-refractivity contribution in [2.45, 2.75) is 101 Å². The molecular formula is C48H73N9O11S4. The van der Waals surface area contributed by atoms with E-state index in [-0.39, 0.29) is 63.2 Å². The summed E-state index contributed by atoms with van der Waals surface area (Å²) in [4.78, 5) is 121. The molecule has 400 valence electrons. The van der Waals surface area contributed by atoms with Crippen molar-refractivity contribution < 1.29 is 53.4 Å². The van der Waals surface area contributed by atoms with Gasteiger partial charge in [-0.1, -0.05) is 56.3 Å². The molecule has 2 aromatic carbocycles. The fourth-order valence-electron chi connectivity index (χ4n) is 7.03. The van der Waals surface area contributed by atoms with Gasteiger partial charge in [-0.05, 0) is 109 Å². The molecule has 0 aliphatic rings. The number of nitrogens with one attached hydrogen (secondary N) is 8. The number of aromatic hydroxyl groups is 1. The largest absolute Gasteiger partial charge is 0.508 e. The highest BCUT2D eigenvalue weighted by atomic mass is 32.2. The van der Waals surface area contributed by atoms with E-state index in [9.17, 15) is 48.3 Å². The summed E-state index contributed by atoms with van der Waals surface area (Å²) in [6.45, 7) is 2.71. The highest BCUT2D eigenvalue weighted by molar-refractivity contribution is 7.99. The van der Waals surface area contributed by atoms with Crippen molar-refractivity contribution in [1.82, 2.24) is 42.5 Å². The number of thioether (sulfide) groups is 4. The molecule has 0 aromatic heterocycles. The van der Waals surface area contributed by atoms with Crippen LogP contribution < -0.4 is 48.3 Å². The minimum absolute atomic E-state index is 0.0369. The van der Waals surface area contributed by atoms with Gasteiger partial charge in [0.1, 0.15) is 54.6 Å². The van der Waals surface area contributed by atoms with Gasteiger partial charge in [0.05, 0.1) is 6.54 Å². The predicted molar refractivity (Wildman–Crippen MR) is 287 cm³/mol. The van der Waals surface area contributed by atoms with E-state index in [0.717, 1.165) is 5.56 Å². The SMILES string of the molecule is CSCC[C@H](NC(=O)[C@H](CCSC)NC(=O)[C@H](Cc1ccc(O)cc1)NC(=O)[C@H](CCSC)NC(=O)[C@H](CCSC)NC(=O)[C@H](CC(C)C)NC(=O)[C@H](Cc1ccccc1)NC(=O)CN)C(=O)NCC(=O)O. The summed E-state index contributed by atoms with van der Waals surface area (Å²) < 4.78 is 0. The van der Waals surface area contributed by atoms with Crippen molar-refractivity contribution in [1.29, 1.82) is 0 Å². The first-order chi connectivity index (χ1) is 34.3. The second kappa shape index (κ2) is 35.1. The number of hydrogen-bond acceptors (Lipinski definition) is 15. The van der Waals surface area contributed by atoms with Crippen molar-refractivity contribution in [3.63, 3.8) is 0 Å². The molecular weight excluding hydrogens is 1010 g/mol. The maximum atomic E-state index is 14.4. The summed E-state index contributed by atoms with van der Waals surface area (Å²) in [5, 5.41) is 40.5. The molecule has 0 fully saturated rings. The van der Waals surface area contributed by atoms with Gasteiger partial charge in [-0.2, -0.15) is 47.0 Å². The van der Waals surface area contributed by atoms with Crippen molar-refractivity contribution in [2.24, 2.45) is 11.7 Å². The highest BCUT2D eigenvalue weighted by Gasteiger charge is 2.34. The fraction of sp³-hybridized carbons (Fsp3) is 0.562. The summed E-state index contributed by atoms with van der Waals surface area (Å²) in [5.74, 6) is -5.15. The lowest BCUT2D eigenvalue weighted by Gasteiger charge is -2.28. The van der Waals surface area contributed by atoms with E-state index in [1.54, 1.807) is 36.4 Å². The van der Waals surface area contributed by atoms with E-state index in [1.807, 2.05) is 44.9 Å². The van der Waals surface area contributed by atoms with Gasteiger partial charge in [0, 0.05) is 12.8 Å². The number of carboxylic acid groups (broad SMARTS) is 1. The Bertz CT molecular complexity index is 2060. The van der Waals surface area contributed by atoms with E-state index in [1.165, 1.54) is 59.2 Å². The topological polar surface area (TPSA) is 316 Å². The Balaban J connectivity index is 2.44. The molecule has 0 aliphatic heterocycles. The molecule has 0 unspecified atom stereocenters. The molecule has 0 heterocycles. The first kappa shape index (κ1) is 62.9. The third kappa shape index (κ3) is 24.5. The summed E-state index contributed by atoms with van der Waals surface area (Å²) in [7, 11) is 0. The third-order valence-electron chi connectivity index (χ3n) is 10.9. The van der Waals surface area contributed by atoms with Gasteiger partial charge < -0.3 is 58.5 Å². The lowest BCUT2D eigenvalue weighted by atomic mass is 10.0. The molecule has 0 radical (unpaired) electrons. The summed E-state index contributed by atoms with van der Waals surface area (Å²) in [6.07, 6.45) is 8.01. The van der Waals surface area contributed by atoms with Crippen molar-refractivity contribution in [3.05, 3.63) is 65.7 Å². The second-order valence-corrected chi connectivity index (χ2v) is 21.1. The molecule has 24 heteroatoms. The number of carbonyl (C=O) groups excluding carboxylic acids is 8. The molecule has 7 atom stereocenters. The van der Waals surface area contributed by atoms with Crippen molar-refractivity contribution >= 4 is 100 Å². The minimum atomic E-state index is -1.33. The molecule has 8 amide bonds. The first-order valence-corrected chi connectivity index (χ1v) is 29.0. The Labute approximate surface area is 439 Å². The maximum absolute atomic E-state index is 14.4. The summed E-state index contributed by atoms with van der Waals surface area (Å²) >= 11 is 5.66. The van der Waals surface area contributed by atoms with E-state index in [2.05, 4.69) is 42.5 Å². The standard InChI is InChI=1S/C48H73N9O11S4/c1-29(2)24-37(56-47(67)38(51-40(59)27-49)25-30-10-8-7-9-11-30)46(66)54-35(18-22-71-5)44(64)53-36(19-23-72-6)45(65)57-39(26-31-12-14-32(58)15-13-31)48(68)55-34(17-21-70-4)43(63)52-33(16-20-69-3)42(62)50-28-41(60)61/h7-15,29,33-39,58H,16-28,49H2,1-6H3,(H,50,62)(H,51,59)(H,52,63)(H,53,64)(H,54,66)(H,55,68)(H,56,67)(H,57,65)(H,60,61)/t33-,34-,35-,36-,37-,38-,39-/m0/s1. The monoisotopic (exact) mass is 1080 g/mol. The third-order valence-corrected chi connectivity index (χ3v) is 13.4. The number of aliphatic carboxylic acids is 1. The van der Waals surface area contributed by atoms with Crippen LogP contribution in [0.1, 0.15) is 57.1 Å². The number of benzene rings is 2. The van der Waals surface area contributed by atoms with Crippen LogP contribution in [-0.4, -0.2) is 167 Å². The highest BCUT2D eigenvalue weighted by Crippen LogP contribution is 2.15. The first-order valence-electron chi connectivity index (χ1n) is 23.4. The number of phenolic OH excluding ortho intramolecular Hbond substituents is 1. The average Bonchev–Trinajstić information content (AvgIpc) is 3.35. The van der Waals surface area contributed by atoms with Gasteiger partial charge >= 0.3 is 5.97 Å². The van der Waals surface area contributed by atoms with Crippen molar-refractivity contribution in [3.8, 4) is 5.75 Å². The zero-order valence-electron chi connectivity index (χ0n) is 41.8. The van der Waals surface area contributed by atoms with Gasteiger partial charge in [-0.3, -0.25) is 43.2 Å².